The Kier molecular flexibility index (Phi) is 5.68. The molecule has 4 heteroatoms. The van der Waals surface area contributed by atoms with Crippen molar-refractivity contribution in [2.24, 2.45) is 5.73 Å². The van der Waals surface area contributed by atoms with E-state index in [2.05, 4.69) is 0 Å². The minimum Gasteiger partial charge on any atom is -0.497 e. The molecule has 0 spiro atoms. The summed E-state index contributed by atoms with van der Waals surface area (Å²) in [6.45, 7) is 0.896. The molecule has 1 fully saturated rings. The Labute approximate surface area is 121 Å². The SMILES string of the molecule is COc1cc(OC)cc(C(N)CCC2CCCCO2)c1. The van der Waals surface area contributed by atoms with Gasteiger partial charge in [-0.25, -0.2) is 0 Å². The predicted octanol–water partition coefficient (Wildman–Crippen LogP) is 3.05. The summed E-state index contributed by atoms with van der Waals surface area (Å²) in [5, 5.41) is 0. The number of hydrogen-bond acceptors (Lipinski definition) is 4. The van der Waals surface area contributed by atoms with Crippen LogP contribution in [-0.2, 0) is 4.74 Å². The van der Waals surface area contributed by atoms with Gasteiger partial charge in [0.05, 0.1) is 20.3 Å². The number of hydrogen-bond donors (Lipinski definition) is 1. The van der Waals surface area contributed by atoms with Crippen LogP contribution in [0.4, 0.5) is 0 Å². The zero-order chi connectivity index (χ0) is 14.4. The lowest BCUT2D eigenvalue weighted by Crippen LogP contribution is -2.21. The molecular weight excluding hydrogens is 254 g/mol. The smallest absolute Gasteiger partial charge is 0.122 e. The van der Waals surface area contributed by atoms with Gasteiger partial charge in [0.2, 0.25) is 0 Å². The van der Waals surface area contributed by atoms with Gasteiger partial charge in [-0.1, -0.05) is 0 Å². The zero-order valence-electron chi connectivity index (χ0n) is 12.4. The first-order valence-electron chi connectivity index (χ1n) is 7.33. The fourth-order valence-electron chi connectivity index (χ4n) is 2.61. The number of benzene rings is 1. The van der Waals surface area contributed by atoms with Gasteiger partial charge in [0.15, 0.2) is 0 Å². The molecule has 2 N–H and O–H groups in total. The molecule has 1 aliphatic heterocycles. The monoisotopic (exact) mass is 279 g/mol. The van der Waals surface area contributed by atoms with Crippen LogP contribution in [0.1, 0.15) is 43.7 Å². The Morgan fingerprint density at radius 1 is 1.20 bits per heavy atom. The van der Waals surface area contributed by atoms with Gasteiger partial charge in [0, 0.05) is 18.7 Å². The summed E-state index contributed by atoms with van der Waals surface area (Å²) >= 11 is 0. The van der Waals surface area contributed by atoms with Gasteiger partial charge in [-0.05, 0) is 49.8 Å². The van der Waals surface area contributed by atoms with Crippen LogP contribution in [0.15, 0.2) is 18.2 Å². The molecule has 2 atom stereocenters. The van der Waals surface area contributed by atoms with Crippen molar-refractivity contribution in [2.45, 2.75) is 44.2 Å². The first kappa shape index (κ1) is 15.1. The molecule has 4 nitrogen and oxygen atoms in total. The van der Waals surface area contributed by atoms with Crippen LogP contribution < -0.4 is 15.2 Å². The molecule has 0 radical (unpaired) electrons. The van der Waals surface area contributed by atoms with E-state index in [0.29, 0.717) is 6.10 Å². The van der Waals surface area contributed by atoms with E-state index in [1.54, 1.807) is 14.2 Å². The summed E-state index contributed by atoms with van der Waals surface area (Å²) in [6, 6.07) is 5.81. The van der Waals surface area contributed by atoms with E-state index in [-0.39, 0.29) is 6.04 Å². The Bertz CT molecular complexity index is 394. The van der Waals surface area contributed by atoms with E-state index >= 15 is 0 Å². The minimum absolute atomic E-state index is 0.00970. The van der Waals surface area contributed by atoms with Gasteiger partial charge in [-0.2, -0.15) is 0 Å². The Morgan fingerprint density at radius 3 is 2.45 bits per heavy atom. The molecule has 112 valence electrons. The van der Waals surface area contributed by atoms with Crippen LogP contribution in [-0.4, -0.2) is 26.9 Å². The molecule has 2 unspecified atom stereocenters. The first-order valence-corrected chi connectivity index (χ1v) is 7.33. The molecule has 0 bridgehead atoms. The molecule has 1 aliphatic rings. The predicted molar refractivity (Wildman–Crippen MR) is 79.3 cm³/mol. The van der Waals surface area contributed by atoms with Crippen molar-refractivity contribution in [3.63, 3.8) is 0 Å². The topological polar surface area (TPSA) is 53.7 Å². The van der Waals surface area contributed by atoms with Crippen LogP contribution in [0.25, 0.3) is 0 Å². The molecule has 20 heavy (non-hydrogen) atoms. The summed E-state index contributed by atoms with van der Waals surface area (Å²) in [7, 11) is 3.31. The lowest BCUT2D eigenvalue weighted by Gasteiger charge is -2.24. The van der Waals surface area contributed by atoms with Crippen molar-refractivity contribution in [3.05, 3.63) is 23.8 Å². The third-order valence-electron chi connectivity index (χ3n) is 3.88. The standard InChI is InChI=1S/C16H25NO3/c1-18-14-9-12(10-15(11-14)19-2)16(17)7-6-13-5-3-4-8-20-13/h9-11,13,16H,3-8,17H2,1-2H3. The van der Waals surface area contributed by atoms with Gasteiger partial charge in [0.25, 0.3) is 0 Å². The fraction of sp³-hybridized carbons (Fsp3) is 0.625. The second kappa shape index (κ2) is 7.50. The van der Waals surface area contributed by atoms with Crippen LogP contribution in [0.3, 0.4) is 0 Å². The second-order valence-corrected chi connectivity index (χ2v) is 5.32. The van der Waals surface area contributed by atoms with Crippen LogP contribution in [0.5, 0.6) is 11.5 Å². The number of nitrogens with two attached hydrogens (primary N) is 1. The molecule has 2 rings (SSSR count). The summed E-state index contributed by atoms with van der Waals surface area (Å²) < 4.78 is 16.3. The van der Waals surface area contributed by atoms with Crippen LogP contribution in [0.2, 0.25) is 0 Å². The highest BCUT2D eigenvalue weighted by atomic mass is 16.5. The van der Waals surface area contributed by atoms with E-state index < -0.39 is 0 Å². The molecule has 1 aromatic carbocycles. The maximum Gasteiger partial charge on any atom is 0.122 e. The summed E-state index contributed by atoms with van der Waals surface area (Å²) in [6.07, 6.45) is 5.93. The maximum atomic E-state index is 6.29. The van der Waals surface area contributed by atoms with E-state index in [1.165, 1.54) is 12.8 Å². The quantitative estimate of drug-likeness (QED) is 0.869. The van der Waals surface area contributed by atoms with Crippen molar-refractivity contribution in [1.82, 2.24) is 0 Å². The molecule has 0 saturated carbocycles. The average molecular weight is 279 g/mol. The average Bonchev–Trinajstić information content (AvgIpc) is 2.52. The highest BCUT2D eigenvalue weighted by molar-refractivity contribution is 5.39. The summed E-state index contributed by atoms with van der Waals surface area (Å²) in [4.78, 5) is 0. The molecule has 0 amide bonds. The van der Waals surface area contributed by atoms with Gasteiger partial charge in [0.1, 0.15) is 11.5 Å². The van der Waals surface area contributed by atoms with Crippen molar-refractivity contribution >= 4 is 0 Å². The van der Waals surface area contributed by atoms with Gasteiger partial charge >= 0.3 is 0 Å². The minimum atomic E-state index is -0.00970. The normalized spacial score (nSPS) is 20.4. The van der Waals surface area contributed by atoms with Crippen molar-refractivity contribution in [1.29, 1.82) is 0 Å². The maximum absolute atomic E-state index is 6.29. The third-order valence-corrected chi connectivity index (χ3v) is 3.88. The Hall–Kier alpha value is -1.26. The molecule has 1 heterocycles. The molecule has 1 aromatic rings. The van der Waals surface area contributed by atoms with Crippen LogP contribution in [0, 0.1) is 0 Å². The van der Waals surface area contributed by atoms with Crippen LogP contribution >= 0.6 is 0 Å². The van der Waals surface area contributed by atoms with Crippen molar-refractivity contribution < 1.29 is 14.2 Å². The highest BCUT2D eigenvalue weighted by Gasteiger charge is 2.16. The highest BCUT2D eigenvalue weighted by Crippen LogP contribution is 2.28. The molecule has 0 aromatic heterocycles. The fourth-order valence-corrected chi connectivity index (χ4v) is 2.61. The summed E-state index contributed by atoms with van der Waals surface area (Å²) in [5.41, 5.74) is 7.35. The second-order valence-electron chi connectivity index (χ2n) is 5.32. The lowest BCUT2D eigenvalue weighted by molar-refractivity contribution is 0.00912. The summed E-state index contributed by atoms with van der Waals surface area (Å²) in [5.74, 6) is 1.56. The molecule has 1 saturated heterocycles. The Morgan fingerprint density at radius 2 is 1.90 bits per heavy atom. The zero-order valence-corrected chi connectivity index (χ0v) is 12.4. The van der Waals surface area contributed by atoms with Gasteiger partial charge in [-0.3, -0.25) is 0 Å². The van der Waals surface area contributed by atoms with E-state index in [9.17, 15) is 0 Å². The van der Waals surface area contributed by atoms with Gasteiger partial charge in [-0.15, -0.1) is 0 Å². The number of methoxy groups -OCH3 is 2. The van der Waals surface area contributed by atoms with E-state index in [0.717, 1.165) is 42.9 Å². The van der Waals surface area contributed by atoms with Crippen molar-refractivity contribution in [2.75, 3.05) is 20.8 Å². The number of ether oxygens (including phenoxy) is 3. The number of rotatable bonds is 6. The van der Waals surface area contributed by atoms with E-state index in [4.69, 9.17) is 19.9 Å². The lowest BCUT2D eigenvalue weighted by atomic mass is 9.97. The third kappa shape index (κ3) is 4.12. The largest absolute Gasteiger partial charge is 0.497 e. The Balaban J connectivity index is 1.95. The van der Waals surface area contributed by atoms with Gasteiger partial charge < -0.3 is 19.9 Å². The van der Waals surface area contributed by atoms with E-state index in [1.807, 2.05) is 18.2 Å². The first-order chi connectivity index (χ1) is 9.72. The molecular formula is C16H25NO3. The van der Waals surface area contributed by atoms with Crippen molar-refractivity contribution in [3.8, 4) is 11.5 Å². The molecule has 0 aliphatic carbocycles.